The van der Waals surface area contributed by atoms with E-state index in [1.807, 2.05) is 0 Å². The summed E-state index contributed by atoms with van der Waals surface area (Å²) in [5.41, 5.74) is -0.344. The van der Waals surface area contributed by atoms with Gasteiger partial charge in [-0.2, -0.15) is 0 Å². The normalized spacial score (nSPS) is 37.3. The minimum absolute atomic E-state index is 0.344. The van der Waals surface area contributed by atoms with E-state index in [9.17, 15) is 5.11 Å². The SMILES string of the molecule is CCCCCCCCCCC(O)(C1CCCC2CCCCC21)C1CCCC2CCCCC21. The van der Waals surface area contributed by atoms with E-state index in [0.29, 0.717) is 11.8 Å². The summed E-state index contributed by atoms with van der Waals surface area (Å²) in [7, 11) is 0. The second-order valence-corrected chi connectivity index (χ2v) is 12.7. The van der Waals surface area contributed by atoms with Crippen molar-refractivity contribution in [3.8, 4) is 0 Å². The lowest BCUT2D eigenvalue weighted by atomic mass is 9.52. The average Bonchev–Trinajstić information content (AvgIpc) is 2.85. The van der Waals surface area contributed by atoms with Crippen LogP contribution in [0.5, 0.6) is 0 Å². The Bertz CT molecular complexity index is 489. The largest absolute Gasteiger partial charge is 0.389 e. The van der Waals surface area contributed by atoms with E-state index in [1.54, 1.807) is 0 Å². The lowest BCUT2D eigenvalue weighted by Gasteiger charge is -2.56. The van der Waals surface area contributed by atoms with Crippen molar-refractivity contribution < 1.29 is 5.11 Å². The molecule has 0 aromatic rings. The molecule has 0 aromatic carbocycles. The maximum Gasteiger partial charge on any atom is 0.0709 e. The molecular weight excluding hydrogens is 388 g/mol. The highest BCUT2D eigenvalue weighted by atomic mass is 16.3. The first-order valence-electron chi connectivity index (χ1n) is 15.5. The van der Waals surface area contributed by atoms with Crippen LogP contribution in [-0.4, -0.2) is 10.7 Å². The molecule has 0 aliphatic heterocycles. The molecule has 1 N–H and O–H groups in total. The third kappa shape index (κ3) is 5.95. The summed E-state index contributed by atoms with van der Waals surface area (Å²) in [6.07, 6.45) is 32.1. The van der Waals surface area contributed by atoms with Crippen molar-refractivity contribution in [2.75, 3.05) is 0 Å². The summed E-state index contributed by atoms with van der Waals surface area (Å²) in [4.78, 5) is 0. The minimum Gasteiger partial charge on any atom is -0.389 e. The molecule has 4 aliphatic rings. The fourth-order valence-electron chi connectivity index (χ4n) is 9.31. The minimum atomic E-state index is -0.344. The van der Waals surface area contributed by atoms with Crippen molar-refractivity contribution in [3.05, 3.63) is 0 Å². The molecule has 1 nitrogen and oxygen atoms in total. The van der Waals surface area contributed by atoms with Gasteiger partial charge in [0.1, 0.15) is 0 Å². The fourth-order valence-corrected chi connectivity index (χ4v) is 9.31. The number of unbranched alkanes of at least 4 members (excludes halogenated alkanes) is 7. The van der Waals surface area contributed by atoms with Crippen molar-refractivity contribution >= 4 is 0 Å². The highest BCUT2D eigenvalue weighted by molar-refractivity contribution is 5.03. The quantitative estimate of drug-likeness (QED) is 0.314. The van der Waals surface area contributed by atoms with Gasteiger partial charge in [-0.25, -0.2) is 0 Å². The van der Waals surface area contributed by atoms with Gasteiger partial charge in [0.2, 0.25) is 0 Å². The van der Waals surface area contributed by atoms with Crippen molar-refractivity contribution in [1.29, 1.82) is 0 Å². The Hall–Kier alpha value is -0.0400. The Morgan fingerprint density at radius 3 is 1.50 bits per heavy atom. The van der Waals surface area contributed by atoms with Gasteiger partial charge in [-0.15, -0.1) is 0 Å². The van der Waals surface area contributed by atoms with Crippen LogP contribution in [0.3, 0.4) is 0 Å². The molecule has 0 aromatic heterocycles. The molecule has 6 atom stereocenters. The highest BCUT2D eigenvalue weighted by Gasteiger charge is 2.53. The zero-order valence-electron chi connectivity index (χ0n) is 21.7. The van der Waals surface area contributed by atoms with Crippen molar-refractivity contribution in [3.63, 3.8) is 0 Å². The zero-order chi connectivity index (χ0) is 22.2. The van der Waals surface area contributed by atoms with Crippen LogP contribution in [0.2, 0.25) is 0 Å². The molecule has 186 valence electrons. The number of hydrogen-bond acceptors (Lipinski definition) is 1. The van der Waals surface area contributed by atoms with E-state index in [1.165, 1.54) is 141 Å². The first kappa shape index (κ1) is 25.1. The second-order valence-electron chi connectivity index (χ2n) is 12.7. The van der Waals surface area contributed by atoms with Crippen LogP contribution < -0.4 is 0 Å². The Labute approximate surface area is 200 Å². The van der Waals surface area contributed by atoms with E-state index in [2.05, 4.69) is 6.92 Å². The lowest BCUT2D eigenvalue weighted by molar-refractivity contribution is -0.156. The maximum absolute atomic E-state index is 12.8. The molecule has 4 aliphatic carbocycles. The molecule has 6 unspecified atom stereocenters. The predicted octanol–water partition coefficient (Wildman–Crippen LogP) is 9.46. The molecule has 4 saturated carbocycles. The number of rotatable bonds is 11. The third-order valence-electron chi connectivity index (χ3n) is 10.9. The van der Waals surface area contributed by atoms with Gasteiger partial charge in [0.15, 0.2) is 0 Å². The molecule has 4 fully saturated rings. The van der Waals surface area contributed by atoms with Crippen LogP contribution in [0.1, 0.15) is 155 Å². The predicted molar refractivity (Wildman–Crippen MR) is 138 cm³/mol. The average molecular weight is 445 g/mol. The third-order valence-corrected chi connectivity index (χ3v) is 10.9. The lowest BCUT2D eigenvalue weighted by Crippen LogP contribution is -2.55. The summed E-state index contributed by atoms with van der Waals surface area (Å²) in [6.45, 7) is 2.31. The van der Waals surface area contributed by atoms with Crippen molar-refractivity contribution in [2.24, 2.45) is 35.5 Å². The Kier molecular flexibility index (Phi) is 9.87. The van der Waals surface area contributed by atoms with Crippen LogP contribution in [0, 0.1) is 35.5 Å². The molecule has 4 rings (SSSR count). The summed E-state index contributed by atoms with van der Waals surface area (Å²) in [6, 6.07) is 0. The first-order chi connectivity index (χ1) is 15.7. The Morgan fingerprint density at radius 1 is 0.531 bits per heavy atom. The van der Waals surface area contributed by atoms with Crippen molar-refractivity contribution in [2.45, 2.75) is 160 Å². The Morgan fingerprint density at radius 2 is 0.969 bits per heavy atom. The van der Waals surface area contributed by atoms with E-state index in [4.69, 9.17) is 0 Å². The fraction of sp³-hybridized carbons (Fsp3) is 1.00. The molecule has 0 bridgehead atoms. The molecule has 0 radical (unpaired) electrons. The van der Waals surface area contributed by atoms with Gasteiger partial charge in [-0.05, 0) is 67.6 Å². The van der Waals surface area contributed by atoms with Gasteiger partial charge >= 0.3 is 0 Å². The molecule has 0 saturated heterocycles. The van der Waals surface area contributed by atoms with E-state index >= 15 is 0 Å². The number of aliphatic hydroxyl groups is 1. The van der Waals surface area contributed by atoms with Gasteiger partial charge in [0.05, 0.1) is 5.60 Å². The topological polar surface area (TPSA) is 20.2 Å². The highest BCUT2D eigenvalue weighted by Crippen LogP contribution is 2.56. The van der Waals surface area contributed by atoms with Gasteiger partial charge < -0.3 is 5.11 Å². The first-order valence-corrected chi connectivity index (χ1v) is 15.5. The monoisotopic (exact) mass is 444 g/mol. The van der Waals surface area contributed by atoms with Crippen LogP contribution in [0.25, 0.3) is 0 Å². The molecule has 0 heterocycles. The maximum atomic E-state index is 12.8. The smallest absolute Gasteiger partial charge is 0.0709 e. The zero-order valence-corrected chi connectivity index (χ0v) is 21.7. The van der Waals surface area contributed by atoms with E-state index < -0.39 is 0 Å². The molecule has 0 spiro atoms. The summed E-state index contributed by atoms with van der Waals surface area (Å²) in [5.74, 6) is 4.83. The molecule has 0 amide bonds. The molecule has 1 heteroatoms. The summed E-state index contributed by atoms with van der Waals surface area (Å²) in [5, 5.41) is 12.8. The number of hydrogen-bond donors (Lipinski definition) is 1. The molecular formula is C31H56O. The summed E-state index contributed by atoms with van der Waals surface area (Å²) < 4.78 is 0. The van der Waals surface area contributed by atoms with Gasteiger partial charge in [-0.1, -0.05) is 122 Å². The van der Waals surface area contributed by atoms with Crippen LogP contribution >= 0.6 is 0 Å². The van der Waals surface area contributed by atoms with Gasteiger partial charge in [-0.3, -0.25) is 0 Å². The summed E-state index contributed by atoms with van der Waals surface area (Å²) >= 11 is 0. The standard InChI is InChI=1S/C31H56O/c1-2-3-4-5-6-7-8-13-24-31(32,29-22-14-18-25-16-9-11-20-27(25)29)30-23-15-19-26-17-10-12-21-28(26)30/h25-30,32H,2-24H2,1H3. The van der Waals surface area contributed by atoms with Crippen LogP contribution in [-0.2, 0) is 0 Å². The number of fused-ring (bicyclic) bond motifs is 2. The van der Waals surface area contributed by atoms with E-state index in [-0.39, 0.29) is 5.60 Å². The van der Waals surface area contributed by atoms with Gasteiger partial charge in [0, 0.05) is 0 Å². The van der Waals surface area contributed by atoms with Crippen LogP contribution in [0.4, 0.5) is 0 Å². The molecule has 32 heavy (non-hydrogen) atoms. The second kappa shape index (κ2) is 12.6. The van der Waals surface area contributed by atoms with Crippen molar-refractivity contribution in [1.82, 2.24) is 0 Å². The van der Waals surface area contributed by atoms with E-state index in [0.717, 1.165) is 30.1 Å². The Balaban J connectivity index is 1.43. The van der Waals surface area contributed by atoms with Gasteiger partial charge in [0.25, 0.3) is 0 Å². The van der Waals surface area contributed by atoms with Crippen LogP contribution in [0.15, 0.2) is 0 Å².